The minimum absolute atomic E-state index is 0.0129. The maximum Gasteiger partial charge on any atom is 0.260 e. The Morgan fingerprint density at radius 2 is 1.38 bits per heavy atom. The number of aromatic amines is 1. The number of amides is 2. The lowest BCUT2D eigenvalue weighted by Crippen LogP contribution is -2.29. The van der Waals surface area contributed by atoms with Gasteiger partial charge < -0.3 is 31.2 Å². The van der Waals surface area contributed by atoms with Crippen molar-refractivity contribution in [3.63, 3.8) is 0 Å². The zero-order valence-corrected chi connectivity index (χ0v) is 34.2. The number of benzene rings is 4. The number of H-pyrrole nitrogens is 1. The van der Waals surface area contributed by atoms with Crippen LogP contribution in [0.15, 0.2) is 116 Å². The van der Waals surface area contributed by atoms with Gasteiger partial charge in [-0.05, 0) is 105 Å². The zero-order valence-electron chi connectivity index (χ0n) is 32.7. The number of aryl methyl sites for hydroxylation is 2. The molecule has 0 fully saturated rings. The maximum atomic E-state index is 16.5. The molecule has 7 aromatic rings. The van der Waals surface area contributed by atoms with Gasteiger partial charge in [-0.25, -0.2) is 13.8 Å². The number of carbonyl (C=O) groups excluding carboxylic acids is 2. The third-order valence-corrected chi connectivity index (χ3v) is 10.3. The van der Waals surface area contributed by atoms with Crippen LogP contribution in [0, 0.1) is 32.4 Å². The van der Waals surface area contributed by atoms with Crippen molar-refractivity contribution >= 4 is 74.5 Å². The third kappa shape index (κ3) is 9.38. The summed E-state index contributed by atoms with van der Waals surface area (Å²) in [5.74, 6) is -2.50. The normalized spacial score (nSPS) is 11.2. The van der Waals surface area contributed by atoms with Crippen LogP contribution >= 0.6 is 23.2 Å². The Kier molecular flexibility index (Phi) is 12.7. The molecule has 0 saturated heterocycles. The molecule has 0 unspecified atom stereocenters. The molecule has 4 aromatic carbocycles. The van der Waals surface area contributed by atoms with Gasteiger partial charge in [0.05, 0.1) is 46.6 Å². The molecule has 0 spiro atoms. The van der Waals surface area contributed by atoms with Gasteiger partial charge in [0.15, 0.2) is 11.6 Å². The maximum absolute atomic E-state index is 16.5. The number of imidazole rings is 1. The molecular formula is C45H39Cl2F2N9O2. The summed E-state index contributed by atoms with van der Waals surface area (Å²) < 4.78 is 32.8. The van der Waals surface area contributed by atoms with E-state index in [0.717, 1.165) is 16.8 Å². The molecule has 3 aromatic heterocycles. The van der Waals surface area contributed by atoms with Crippen LogP contribution in [0.5, 0.6) is 0 Å². The number of pyridine rings is 2. The van der Waals surface area contributed by atoms with Crippen molar-refractivity contribution in [2.45, 2.75) is 33.7 Å². The summed E-state index contributed by atoms with van der Waals surface area (Å²) in [7, 11) is 0. The number of halogens is 4. The van der Waals surface area contributed by atoms with E-state index >= 15 is 8.78 Å². The van der Waals surface area contributed by atoms with E-state index in [9.17, 15) is 9.59 Å². The Hall–Kier alpha value is -6.83. The predicted molar refractivity (Wildman–Crippen MR) is 233 cm³/mol. The average Bonchev–Trinajstić information content (AvgIpc) is 3.73. The summed E-state index contributed by atoms with van der Waals surface area (Å²) in [6, 6.07) is 24.1. The molecule has 304 valence electrons. The van der Waals surface area contributed by atoms with Gasteiger partial charge in [0.25, 0.3) is 11.8 Å². The first-order valence-corrected chi connectivity index (χ1v) is 19.6. The van der Waals surface area contributed by atoms with E-state index < -0.39 is 23.4 Å². The number of hydrogen-bond donors (Lipinski definition) is 5. The predicted octanol–water partition coefficient (Wildman–Crippen LogP) is 10.5. The van der Waals surface area contributed by atoms with Crippen LogP contribution < -0.4 is 21.3 Å². The van der Waals surface area contributed by atoms with Crippen molar-refractivity contribution < 1.29 is 18.4 Å². The second-order valence-corrected chi connectivity index (χ2v) is 14.8. The lowest BCUT2D eigenvalue weighted by atomic mass is 10.0. The number of aromatic nitrogens is 4. The molecular weight excluding hydrogens is 807 g/mol. The smallest absolute Gasteiger partial charge is 0.260 e. The Balaban J connectivity index is 1.24. The number of hydrogen-bond acceptors (Lipinski definition) is 8. The van der Waals surface area contributed by atoms with Gasteiger partial charge in [-0.1, -0.05) is 35.3 Å². The fourth-order valence-electron chi connectivity index (χ4n) is 6.50. The van der Waals surface area contributed by atoms with Crippen molar-refractivity contribution in [1.29, 1.82) is 0 Å². The summed E-state index contributed by atoms with van der Waals surface area (Å²) in [5, 5.41) is 13.2. The van der Waals surface area contributed by atoms with Crippen LogP contribution in [-0.4, -0.2) is 43.2 Å². The summed E-state index contributed by atoms with van der Waals surface area (Å²) in [6.07, 6.45) is 7.93. The third-order valence-electron chi connectivity index (χ3n) is 9.78. The molecule has 60 heavy (non-hydrogen) atoms. The molecule has 11 nitrogen and oxygen atoms in total. The second kappa shape index (κ2) is 18.4. The Morgan fingerprint density at radius 3 is 2.00 bits per heavy atom. The summed E-state index contributed by atoms with van der Waals surface area (Å²) in [6.45, 7) is 5.44. The molecule has 0 saturated carbocycles. The van der Waals surface area contributed by atoms with E-state index in [0.29, 0.717) is 39.1 Å². The molecule has 0 aliphatic rings. The van der Waals surface area contributed by atoms with E-state index in [2.05, 4.69) is 41.2 Å². The number of anilines is 5. The fraction of sp³-hybridized carbons (Fsp3) is 0.133. The highest BCUT2D eigenvalue weighted by Gasteiger charge is 2.25. The van der Waals surface area contributed by atoms with Gasteiger partial charge in [-0.15, -0.1) is 0 Å². The second-order valence-electron chi connectivity index (χ2n) is 13.9. The minimum atomic E-state index is -0.722. The molecule has 15 heteroatoms. The number of nitrogens with zero attached hydrogens (tertiary/aromatic N) is 4. The van der Waals surface area contributed by atoms with Crippen LogP contribution in [0.2, 0.25) is 10.0 Å². The molecule has 7 rings (SSSR count). The minimum Gasteiger partial charge on any atom is -0.360 e. The van der Waals surface area contributed by atoms with Gasteiger partial charge >= 0.3 is 0 Å². The van der Waals surface area contributed by atoms with E-state index in [-0.39, 0.29) is 52.4 Å². The Morgan fingerprint density at radius 1 is 0.750 bits per heavy atom. The molecule has 0 aliphatic heterocycles. The van der Waals surface area contributed by atoms with Gasteiger partial charge in [0.1, 0.15) is 5.52 Å². The first-order valence-electron chi connectivity index (χ1n) is 18.8. The van der Waals surface area contributed by atoms with Gasteiger partial charge in [0.2, 0.25) is 0 Å². The van der Waals surface area contributed by atoms with Gasteiger partial charge in [0, 0.05) is 76.1 Å². The molecule has 0 bridgehead atoms. The molecule has 0 aliphatic carbocycles. The van der Waals surface area contributed by atoms with Crippen LogP contribution in [0.25, 0.3) is 11.0 Å². The van der Waals surface area contributed by atoms with E-state index in [1.165, 1.54) is 29.7 Å². The van der Waals surface area contributed by atoms with E-state index in [1.807, 2.05) is 26.0 Å². The van der Waals surface area contributed by atoms with Crippen molar-refractivity contribution in [3.05, 3.63) is 177 Å². The highest BCUT2D eigenvalue weighted by atomic mass is 35.5. The number of nitrogens with one attached hydrogen (secondary N) is 5. The van der Waals surface area contributed by atoms with Gasteiger partial charge in [-0.2, -0.15) is 0 Å². The molecule has 3 heterocycles. The summed E-state index contributed by atoms with van der Waals surface area (Å²) >= 11 is 12.4. The largest absolute Gasteiger partial charge is 0.360 e. The SMILES string of the molecule is Cc1cc(Cl)ccc1Nc1c(C(=O)NCc2ccccn2)cc(N/C=C/N(CCc2ccccn2)C(=O)c2cc3[nH]cnc3c(F)c2Nc2ccc(Cl)cc2C)c(C)c1F. The van der Waals surface area contributed by atoms with E-state index in [4.69, 9.17) is 23.2 Å². The fourth-order valence-corrected chi connectivity index (χ4v) is 6.96. The van der Waals surface area contributed by atoms with Crippen molar-refractivity contribution in [2.75, 3.05) is 22.5 Å². The van der Waals surface area contributed by atoms with Crippen molar-refractivity contribution in [2.24, 2.45) is 0 Å². The first-order chi connectivity index (χ1) is 29.0. The van der Waals surface area contributed by atoms with Crippen LogP contribution in [0.1, 0.15) is 48.8 Å². The molecule has 2 amide bonds. The monoisotopic (exact) mass is 845 g/mol. The molecule has 0 radical (unpaired) electrons. The Labute approximate surface area is 354 Å². The highest BCUT2D eigenvalue weighted by molar-refractivity contribution is 6.31. The quantitative estimate of drug-likeness (QED) is 0.0729. The summed E-state index contributed by atoms with van der Waals surface area (Å²) in [4.78, 5) is 45.6. The Bertz CT molecular complexity index is 2730. The first kappa shape index (κ1) is 41.3. The van der Waals surface area contributed by atoms with Crippen molar-refractivity contribution in [1.82, 2.24) is 30.2 Å². The van der Waals surface area contributed by atoms with Crippen molar-refractivity contribution in [3.8, 4) is 0 Å². The van der Waals surface area contributed by atoms with Gasteiger partial charge in [-0.3, -0.25) is 19.6 Å². The average molecular weight is 847 g/mol. The molecule has 0 atom stereocenters. The molecule has 5 N–H and O–H groups in total. The van der Waals surface area contributed by atoms with Crippen LogP contribution in [0.4, 0.5) is 37.2 Å². The van der Waals surface area contributed by atoms with Crippen LogP contribution in [0.3, 0.4) is 0 Å². The standard InChI is InChI=1S/C45H39Cl2F2N9O2/c1-26-20-29(46)10-12-35(26)56-41-33(44(59)53-24-32-9-5-7-16-51-32)22-37(28(3)39(41)48)52-17-19-58(18-14-31-8-4-6-15-50-31)45(60)34-23-38-43(55-25-54-38)40(49)42(34)57-36-13-11-30(47)21-27(36)2/h4-13,15-17,19-23,25,52,56-57H,14,18,24H2,1-3H3,(H,53,59)(H,54,55)/b19-17+. The highest BCUT2D eigenvalue weighted by Crippen LogP contribution is 2.35. The number of carbonyl (C=O) groups is 2. The number of fused-ring (bicyclic) bond motifs is 1. The topological polar surface area (TPSA) is 140 Å². The lowest BCUT2D eigenvalue weighted by molar-refractivity contribution is 0.0823. The van der Waals surface area contributed by atoms with Crippen LogP contribution in [-0.2, 0) is 13.0 Å². The van der Waals surface area contributed by atoms with E-state index in [1.54, 1.807) is 86.0 Å². The lowest BCUT2D eigenvalue weighted by Gasteiger charge is -2.22. The number of rotatable bonds is 14. The zero-order chi connectivity index (χ0) is 42.3. The summed E-state index contributed by atoms with van der Waals surface area (Å²) in [5.41, 5.74) is 4.66.